The van der Waals surface area contributed by atoms with Crippen molar-refractivity contribution >= 4 is 5.78 Å². The van der Waals surface area contributed by atoms with Crippen LogP contribution in [0.5, 0.6) is 0 Å². The van der Waals surface area contributed by atoms with Gasteiger partial charge in [0.1, 0.15) is 5.78 Å². The zero-order valence-corrected chi connectivity index (χ0v) is 15.2. The summed E-state index contributed by atoms with van der Waals surface area (Å²) in [5.41, 5.74) is -2.00. The van der Waals surface area contributed by atoms with Gasteiger partial charge in [0.15, 0.2) is 0 Å². The number of carbonyl (C=O) groups excluding carboxylic acids is 1. The summed E-state index contributed by atoms with van der Waals surface area (Å²) in [5, 5.41) is 21.8. The predicted molar refractivity (Wildman–Crippen MR) is 92.9 cm³/mol. The molecule has 23 heavy (non-hydrogen) atoms. The van der Waals surface area contributed by atoms with E-state index >= 15 is 0 Å². The molecule has 0 aromatic carbocycles. The van der Waals surface area contributed by atoms with E-state index in [4.69, 9.17) is 0 Å². The van der Waals surface area contributed by atoms with Gasteiger partial charge < -0.3 is 10.2 Å². The molecule has 1 fully saturated rings. The van der Waals surface area contributed by atoms with Gasteiger partial charge in [-0.25, -0.2) is 0 Å². The van der Waals surface area contributed by atoms with Crippen LogP contribution in [0.1, 0.15) is 60.3 Å². The number of fused-ring (bicyclic) bond motifs is 1. The molecule has 0 bridgehead atoms. The summed E-state index contributed by atoms with van der Waals surface area (Å²) in [6.07, 6.45) is 10.1. The molecule has 0 saturated heterocycles. The zero-order chi connectivity index (χ0) is 17.5. The van der Waals surface area contributed by atoms with Crippen molar-refractivity contribution in [2.24, 2.45) is 23.2 Å². The Morgan fingerprint density at radius 3 is 2.43 bits per heavy atom. The molecule has 2 aliphatic carbocycles. The van der Waals surface area contributed by atoms with Crippen molar-refractivity contribution < 1.29 is 15.0 Å². The predicted octanol–water partition coefficient (Wildman–Crippen LogP) is 3.65. The average molecular weight is 320 g/mol. The maximum atomic E-state index is 12.7. The fourth-order valence-electron chi connectivity index (χ4n) is 4.13. The summed E-state index contributed by atoms with van der Waals surface area (Å²) in [6.45, 7) is 9.88. The van der Waals surface area contributed by atoms with Crippen molar-refractivity contribution in [1.82, 2.24) is 0 Å². The van der Waals surface area contributed by atoms with Crippen molar-refractivity contribution in [1.29, 1.82) is 0 Å². The summed E-state index contributed by atoms with van der Waals surface area (Å²) in [4.78, 5) is 12.7. The van der Waals surface area contributed by atoms with E-state index in [0.29, 0.717) is 19.3 Å². The summed E-state index contributed by atoms with van der Waals surface area (Å²) >= 11 is 0. The standard InChI is InChI=1S/C20H32O3/c1-14(2)20(23)12-10-18(4)9-11-19(5,22)8-6-7-15(3)16(21)13-17(18)20/h6-7,9,11,14-15,17,22-23H,8,10,12-13H2,1-5H3/b7-6-,11-9+/t15-,17?,18+,19+,20-/m0/s1. The van der Waals surface area contributed by atoms with Crippen molar-refractivity contribution in [3.8, 4) is 0 Å². The van der Waals surface area contributed by atoms with E-state index in [1.807, 2.05) is 39.0 Å². The molecule has 1 unspecified atom stereocenters. The minimum absolute atomic E-state index is 0.104. The minimum atomic E-state index is -0.921. The Bertz CT molecular complexity index is 517. The lowest BCUT2D eigenvalue weighted by atomic mass is 9.68. The number of rotatable bonds is 1. The first-order valence-corrected chi connectivity index (χ1v) is 8.85. The van der Waals surface area contributed by atoms with Crippen molar-refractivity contribution in [2.75, 3.05) is 0 Å². The zero-order valence-electron chi connectivity index (χ0n) is 15.2. The van der Waals surface area contributed by atoms with Crippen LogP contribution in [0.25, 0.3) is 0 Å². The van der Waals surface area contributed by atoms with E-state index < -0.39 is 11.2 Å². The van der Waals surface area contributed by atoms with Crippen LogP contribution in [0.2, 0.25) is 0 Å². The maximum absolute atomic E-state index is 12.7. The Labute approximate surface area is 140 Å². The molecule has 130 valence electrons. The molecular weight excluding hydrogens is 288 g/mol. The van der Waals surface area contributed by atoms with E-state index in [-0.39, 0.29) is 29.0 Å². The first-order chi connectivity index (χ1) is 10.5. The lowest BCUT2D eigenvalue weighted by Crippen LogP contribution is -2.44. The second-order valence-corrected chi connectivity index (χ2v) is 8.49. The molecule has 0 radical (unpaired) electrons. The number of Topliss-reactive ketones (excluding diaryl/α,β-unsaturated/α-hetero) is 1. The fraction of sp³-hybridized carbons (Fsp3) is 0.750. The molecular formula is C20H32O3. The van der Waals surface area contributed by atoms with E-state index in [0.717, 1.165) is 6.42 Å². The number of carbonyl (C=O) groups is 1. The number of hydrogen-bond donors (Lipinski definition) is 2. The smallest absolute Gasteiger partial charge is 0.139 e. The van der Waals surface area contributed by atoms with Crippen LogP contribution >= 0.6 is 0 Å². The Hall–Kier alpha value is -0.930. The van der Waals surface area contributed by atoms with Crippen LogP contribution in [0.4, 0.5) is 0 Å². The SMILES string of the molecule is CC(C)[C@@]1(O)CC[C@@]2(C)/C=C/[C@](C)(O)C/C=C\[C@H](C)C(=O)CC12. The Morgan fingerprint density at radius 1 is 1.17 bits per heavy atom. The molecule has 1 saturated carbocycles. The van der Waals surface area contributed by atoms with E-state index in [1.54, 1.807) is 6.92 Å². The summed E-state index contributed by atoms with van der Waals surface area (Å²) < 4.78 is 0. The summed E-state index contributed by atoms with van der Waals surface area (Å²) in [6, 6.07) is 0. The molecule has 3 nitrogen and oxygen atoms in total. The number of allylic oxidation sites excluding steroid dienone is 2. The van der Waals surface area contributed by atoms with Gasteiger partial charge in [-0.2, -0.15) is 0 Å². The van der Waals surface area contributed by atoms with E-state index in [2.05, 4.69) is 13.0 Å². The Kier molecular flexibility index (Phi) is 4.94. The van der Waals surface area contributed by atoms with Crippen molar-refractivity contribution in [3.63, 3.8) is 0 Å². The average Bonchev–Trinajstić information content (AvgIpc) is 2.71. The van der Waals surface area contributed by atoms with Crippen LogP contribution in [0, 0.1) is 23.2 Å². The molecule has 2 aliphatic rings. The first kappa shape index (κ1) is 18.4. The molecule has 0 aromatic rings. The Balaban J connectivity index is 2.47. The quantitative estimate of drug-likeness (QED) is 0.725. The van der Waals surface area contributed by atoms with Crippen molar-refractivity contribution in [2.45, 2.75) is 71.5 Å². The van der Waals surface area contributed by atoms with E-state index in [9.17, 15) is 15.0 Å². The van der Waals surface area contributed by atoms with Gasteiger partial charge in [0.25, 0.3) is 0 Å². The third kappa shape index (κ3) is 3.61. The molecule has 0 heterocycles. The summed E-state index contributed by atoms with van der Waals surface area (Å²) in [5.74, 6) is -0.00549. The molecule has 2 N–H and O–H groups in total. The van der Waals surface area contributed by atoms with Crippen molar-refractivity contribution in [3.05, 3.63) is 24.3 Å². The van der Waals surface area contributed by atoms with Gasteiger partial charge in [0.05, 0.1) is 11.2 Å². The highest BCUT2D eigenvalue weighted by molar-refractivity contribution is 5.82. The maximum Gasteiger partial charge on any atom is 0.139 e. The largest absolute Gasteiger partial charge is 0.389 e. The lowest BCUT2D eigenvalue weighted by Gasteiger charge is -2.40. The second kappa shape index (κ2) is 6.18. The highest BCUT2D eigenvalue weighted by atomic mass is 16.3. The van der Waals surface area contributed by atoms with Gasteiger partial charge in [0.2, 0.25) is 0 Å². The molecule has 0 spiro atoms. The van der Waals surface area contributed by atoms with Gasteiger partial charge in [-0.1, -0.05) is 52.0 Å². The van der Waals surface area contributed by atoms with Crippen LogP contribution in [-0.4, -0.2) is 27.2 Å². The third-order valence-electron chi connectivity index (χ3n) is 6.16. The van der Waals surface area contributed by atoms with E-state index in [1.165, 1.54) is 0 Å². The topological polar surface area (TPSA) is 57.5 Å². The second-order valence-electron chi connectivity index (χ2n) is 8.49. The molecule has 0 aromatic heterocycles. The number of ketones is 1. The van der Waals surface area contributed by atoms with Crippen LogP contribution in [-0.2, 0) is 4.79 Å². The van der Waals surface area contributed by atoms with Gasteiger partial charge in [-0.15, -0.1) is 0 Å². The highest BCUT2D eigenvalue weighted by Crippen LogP contribution is 2.55. The third-order valence-corrected chi connectivity index (χ3v) is 6.16. The molecule has 5 atom stereocenters. The molecule has 0 amide bonds. The molecule has 3 heteroatoms. The number of aliphatic hydroxyl groups is 2. The normalized spacial score (nSPS) is 47.9. The highest BCUT2D eigenvalue weighted by Gasteiger charge is 2.54. The minimum Gasteiger partial charge on any atom is -0.389 e. The van der Waals surface area contributed by atoms with Gasteiger partial charge in [-0.05, 0) is 37.5 Å². The van der Waals surface area contributed by atoms with Crippen LogP contribution in [0.3, 0.4) is 0 Å². The summed E-state index contributed by atoms with van der Waals surface area (Å²) in [7, 11) is 0. The van der Waals surface area contributed by atoms with Gasteiger partial charge in [-0.3, -0.25) is 4.79 Å². The fourth-order valence-corrected chi connectivity index (χ4v) is 4.13. The van der Waals surface area contributed by atoms with Crippen LogP contribution < -0.4 is 0 Å². The Morgan fingerprint density at radius 2 is 1.83 bits per heavy atom. The first-order valence-electron chi connectivity index (χ1n) is 8.85. The monoisotopic (exact) mass is 320 g/mol. The van der Waals surface area contributed by atoms with Gasteiger partial charge in [0, 0.05) is 18.3 Å². The van der Waals surface area contributed by atoms with Gasteiger partial charge >= 0.3 is 0 Å². The van der Waals surface area contributed by atoms with Crippen LogP contribution in [0.15, 0.2) is 24.3 Å². The number of hydrogen-bond acceptors (Lipinski definition) is 3. The lowest BCUT2D eigenvalue weighted by molar-refractivity contribution is -0.127. The molecule has 2 rings (SSSR count). The molecule has 0 aliphatic heterocycles.